The quantitative estimate of drug-likeness (QED) is 0.668. The molecule has 3 aromatic heterocycles. The highest BCUT2D eigenvalue weighted by Gasteiger charge is 2.44. The van der Waals surface area contributed by atoms with E-state index < -0.39 is 0 Å². The average Bonchev–Trinajstić information content (AvgIpc) is 3.42. The third-order valence-corrected chi connectivity index (χ3v) is 6.45. The Morgan fingerprint density at radius 1 is 1.07 bits per heavy atom. The van der Waals surface area contributed by atoms with Crippen molar-refractivity contribution in [2.45, 2.75) is 38.5 Å². The number of aryl methyl sites for hydroxylation is 2. The molecule has 0 aromatic carbocycles. The van der Waals surface area contributed by atoms with Crippen molar-refractivity contribution in [2.24, 2.45) is 18.9 Å². The molecular weight excluding hydrogens is 364 g/mol. The molecule has 3 aromatic rings. The molecule has 0 bridgehead atoms. The smallest absolute Gasteiger partial charge is 0.213 e. The van der Waals surface area contributed by atoms with Gasteiger partial charge in [-0.2, -0.15) is 10.2 Å². The van der Waals surface area contributed by atoms with Gasteiger partial charge in [-0.05, 0) is 49.3 Å². The maximum absolute atomic E-state index is 6.40. The number of nitrogens with zero attached hydrogens (tertiary/aromatic N) is 6. The van der Waals surface area contributed by atoms with E-state index in [0.717, 1.165) is 32.5 Å². The van der Waals surface area contributed by atoms with E-state index in [1.54, 1.807) is 6.20 Å². The van der Waals surface area contributed by atoms with E-state index >= 15 is 0 Å². The molecule has 2 fully saturated rings. The number of ether oxygens (including phenoxy) is 1. The minimum absolute atomic E-state index is 0.0853. The van der Waals surface area contributed by atoms with Crippen LogP contribution in [0.5, 0.6) is 5.88 Å². The molecule has 0 N–H and O–H groups in total. The van der Waals surface area contributed by atoms with Crippen LogP contribution < -0.4 is 4.74 Å². The third-order valence-electron chi connectivity index (χ3n) is 6.45. The summed E-state index contributed by atoms with van der Waals surface area (Å²) in [5.41, 5.74) is 2.46. The Balaban J connectivity index is 1.35. The van der Waals surface area contributed by atoms with Crippen LogP contribution in [-0.2, 0) is 13.6 Å². The summed E-state index contributed by atoms with van der Waals surface area (Å²) < 4.78 is 10.5. The van der Waals surface area contributed by atoms with E-state index in [4.69, 9.17) is 4.74 Å². The van der Waals surface area contributed by atoms with Gasteiger partial charge in [0.1, 0.15) is 6.10 Å². The summed E-state index contributed by atoms with van der Waals surface area (Å²) >= 11 is 0. The van der Waals surface area contributed by atoms with Crippen molar-refractivity contribution in [1.29, 1.82) is 0 Å². The number of rotatable bonds is 5. The van der Waals surface area contributed by atoms with Gasteiger partial charge in [0, 0.05) is 51.3 Å². The van der Waals surface area contributed by atoms with Crippen LogP contribution in [0.15, 0.2) is 49.1 Å². The third kappa shape index (κ3) is 3.79. The lowest BCUT2D eigenvalue weighted by molar-refractivity contribution is 0.0459. The molecule has 1 saturated carbocycles. The Morgan fingerprint density at radius 3 is 2.62 bits per heavy atom. The Morgan fingerprint density at radius 2 is 1.93 bits per heavy atom. The molecule has 152 valence electrons. The van der Waals surface area contributed by atoms with Gasteiger partial charge in [-0.15, -0.1) is 0 Å². The molecule has 4 atom stereocenters. The summed E-state index contributed by atoms with van der Waals surface area (Å²) in [6.45, 7) is 5.29. The Kier molecular flexibility index (Phi) is 4.83. The van der Waals surface area contributed by atoms with Crippen molar-refractivity contribution in [2.75, 3.05) is 13.1 Å². The molecule has 0 unspecified atom stereocenters. The van der Waals surface area contributed by atoms with Crippen LogP contribution in [0.1, 0.15) is 30.1 Å². The zero-order valence-electron chi connectivity index (χ0n) is 17.1. The molecule has 1 saturated heterocycles. The largest absolute Gasteiger partial charge is 0.472 e. The minimum atomic E-state index is 0.0853. The van der Waals surface area contributed by atoms with E-state index in [1.165, 1.54) is 11.3 Å². The SMILES string of the molecule is Cc1cnn([C@H]2C[C@H]3CN(Cc4ccnn4C)C[C@H]3C[C@@H]2Oc2ccccn2)c1. The van der Waals surface area contributed by atoms with Crippen LogP contribution in [0.4, 0.5) is 0 Å². The van der Waals surface area contributed by atoms with E-state index in [1.807, 2.05) is 42.3 Å². The molecule has 0 amide bonds. The predicted octanol–water partition coefficient (Wildman–Crippen LogP) is 2.85. The van der Waals surface area contributed by atoms with Gasteiger partial charge in [-0.3, -0.25) is 14.3 Å². The second kappa shape index (κ2) is 7.63. The van der Waals surface area contributed by atoms with Gasteiger partial charge in [0.15, 0.2) is 0 Å². The predicted molar refractivity (Wildman–Crippen MR) is 109 cm³/mol. The van der Waals surface area contributed by atoms with Crippen LogP contribution in [0.2, 0.25) is 0 Å². The van der Waals surface area contributed by atoms with Crippen LogP contribution in [0.3, 0.4) is 0 Å². The number of aromatic nitrogens is 5. The molecule has 2 aliphatic rings. The van der Waals surface area contributed by atoms with Crippen LogP contribution in [0.25, 0.3) is 0 Å². The fourth-order valence-electron chi connectivity index (χ4n) is 4.99. The zero-order valence-corrected chi connectivity index (χ0v) is 17.1. The fraction of sp³-hybridized carbons (Fsp3) is 0.500. The molecule has 1 aliphatic carbocycles. The Hall–Kier alpha value is -2.67. The monoisotopic (exact) mass is 392 g/mol. The van der Waals surface area contributed by atoms with Crippen molar-refractivity contribution in [3.05, 3.63) is 60.3 Å². The maximum Gasteiger partial charge on any atom is 0.213 e. The number of hydrogen-bond acceptors (Lipinski definition) is 5. The molecule has 29 heavy (non-hydrogen) atoms. The van der Waals surface area contributed by atoms with Crippen molar-refractivity contribution in [3.63, 3.8) is 0 Å². The normalized spacial score (nSPS) is 27.1. The first-order chi connectivity index (χ1) is 14.2. The molecule has 0 spiro atoms. The van der Waals surface area contributed by atoms with E-state index in [-0.39, 0.29) is 12.1 Å². The Labute approximate surface area is 171 Å². The van der Waals surface area contributed by atoms with Crippen molar-refractivity contribution in [1.82, 2.24) is 29.4 Å². The van der Waals surface area contributed by atoms with Gasteiger partial charge < -0.3 is 4.74 Å². The van der Waals surface area contributed by atoms with Crippen LogP contribution in [0, 0.1) is 18.8 Å². The van der Waals surface area contributed by atoms with E-state index in [0.29, 0.717) is 17.7 Å². The molecule has 4 heterocycles. The molecule has 1 aliphatic heterocycles. The van der Waals surface area contributed by atoms with Gasteiger partial charge in [0.2, 0.25) is 5.88 Å². The van der Waals surface area contributed by atoms with Crippen LogP contribution in [-0.4, -0.2) is 48.6 Å². The highest BCUT2D eigenvalue weighted by molar-refractivity contribution is 5.11. The first-order valence-corrected chi connectivity index (χ1v) is 10.4. The fourth-order valence-corrected chi connectivity index (χ4v) is 4.99. The van der Waals surface area contributed by atoms with E-state index in [9.17, 15) is 0 Å². The average molecular weight is 393 g/mol. The number of hydrogen-bond donors (Lipinski definition) is 0. The summed E-state index contributed by atoms with van der Waals surface area (Å²) in [4.78, 5) is 6.96. The lowest BCUT2D eigenvalue weighted by atomic mass is 9.77. The summed E-state index contributed by atoms with van der Waals surface area (Å²) in [7, 11) is 2.02. The van der Waals surface area contributed by atoms with Crippen LogP contribution >= 0.6 is 0 Å². The maximum atomic E-state index is 6.40. The minimum Gasteiger partial charge on any atom is -0.472 e. The Bertz CT molecular complexity index is 951. The summed E-state index contributed by atoms with van der Waals surface area (Å²) in [6.07, 6.45) is 9.96. The lowest BCUT2D eigenvalue weighted by Crippen LogP contribution is -2.40. The molecule has 7 nitrogen and oxygen atoms in total. The first-order valence-electron chi connectivity index (χ1n) is 10.4. The van der Waals surface area contributed by atoms with Gasteiger partial charge in [0.25, 0.3) is 0 Å². The number of fused-ring (bicyclic) bond motifs is 1. The second-order valence-corrected chi connectivity index (χ2v) is 8.52. The van der Waals surface area contributed by atoms with Gasteiger partial charge in [-0.1, -0.05) is 6.07 Å². The highest BCUT2D eigenvalue weighted by Crippen LogP contribution is 2.42. The highest BCUT2D eigenvalue weighted by atomic mass is 16.5. The van der Waals surface area contributed by atoms with Gasteiger partial charge in [0.05, 0.1) is 17.9 Å². The summed E-state index contributed by atoms with van der Waals surface area (Å²) in [5, 5.41) is 8.94. The van der Waals surface area contributed by atoms with Crippen molar-refractivity contribution < 1.29 is 4.74 Å². The second-order valence-electron chi connectivity index (χ2n) is 8.52. The lowest BCUT2D eigenvalue weighted by Gasteiger charge is -2.37. The standard InChI is InChI=1S/C22H28N6O/c1-16-11-25-28(12-16)20-9-17-13-27(15-19-6-8-24-26(19)2)14-18(17)10-21(20)29-22-5-3-4-7-23-22/h3-8,11-12,17-18,20-21H,9-10,13-15H2,1-2H3/t17-,18+,20-,21-/m0/s1. The molecule has 7 heteroatoms. The number of likely N-dealkylation sites (tertiary alicyclic amines) is 1. The van der Waals surface area contributed by atoms with Crippen molar-refractivity contribution >= 4 is 0 Å². The zero-order chi connectivity index (χ0) is 19.8. The summed E-state index contributed by atoms with van der Waals surface area (Å²) in [5.74, 6) is 2.01. The molecule has 5 rings (SSSR count). The van der Waals surface area contributed by atoms with Gasteiger partial charge in [-0.25, -0.2) is 4.98 Å². The molecular formula is C22H28N6O. The molecule has 0 radical (unpaired) electrons. The first kappa shape index (κ1) is 18.4. The summed E-state index contributed by atoms with van der Waals surface area (Å²) in [6, 6.07) is 8.20. The topological polar surface area (TPSA) is 61.0 Å². The number of pyridine rings is 1. The van der Waals surface area contributed by atoms with Gasteiger partial charge >= 0.3 is 0 Å². The van der Waals surface area contributed by atoms with Crippen molar-refractivity contribution in [3.8, 4) is 5.88 Å². The van der Waals surface area contributed by atoms with E-state index in [2.05, 4.69) is 44.0 Å².